The van der Waals surface area contributed by atoms with Gasteiger partial charge in [0, 0.05) is 36.4 Å². The van der Waals surface area contributed by atoms with Gasteiger partial charge in [0.25, 0.3) is 0 Å². The first kappa shape index (κ1) is 18.9. The van der Waals surface area contributed by atoms with Crippen LogP contribution in [-0.2, 0) is 20.7 Å². The second kappa shape index (κ2) is 9.78. The molecule has 0 atom stereocenters. The summed E-state index contributed by atoms with van der Waals surface area (Å²) in [4.78, 5) is 27.2. The van der Waals surface area contributed by atoms with Crippen LogP contribution in [0.2, 0.25) is 5.02 Å². The van der Waals surface area contributed by atoms with Crippen LogP contribution in [0.15, 0.2) is 28.8 Å². The van der Waals surface area contributed by atoms with Crippen molar-refractivity contribution in [3.63, 3.8) is 0 Å². The van der Waals surface area contributed by atoms with E-state index in [4.69, 9.17) is 20.9 Å². The van der Waals surface area contributed by atoms with Gasteiger partial charge in [-0.05, 0) is 37.6 Å². The zero-order valence-electron chi connectivity index (χ0n) is 14.0. The van der Waals surface area contributed by atoms with Crippen LogP contribution in [0.25, 0.3) is 11.4 Å². The van der Waals surface area contributed by atoms with Crippen LogP contribution in [0.1, 0.15) is 32.1 Å². The van der Waals surface area contributed by atoms with Crippen LogP contribution >= 0.6 is 11.6 Å². The highest BCUT2D eigenvalue weighted by molar-refractivity contribution is 6.30. The van der Waals surface area contributed by atoms with Crippen molar-refractivity contribution in [1.82, 2.24) is 15.5 Å². The summed E-state index contributed by atoms with van der Waals surface area (Å²) >= 11 is 5.84. The molecule has 25 heavy (non-hydrogen) atoms. The number of rotatable bonds is 9. The molecule has 7 nitrogen and oxygen atoms in total. The summed E-state index contributed by atoms with van der Waals surface area (Å²) in [5.41, 5.74) is 0.794. The lowest BCUT2D eigenvalue weighted by molar-refractivity contribution is -0.143. The molecule has 1 aromatic carbocycles. The molecule has 0 saturated heterocycles. The van der Waals surface area contributed by atoms with Gasteiger partial charge in [-0.2, -0.15) is 4.98 Å². The Bertz CT molecular complexity index is 700. The number of aryl methyl sites for hydroxylation is 1. The first-order valence-corrected chi connectivity index (χ1v) is 8.47. The van der Waals surface area contributed by atoms with Gasteiger partial charge in [-0.3, -0.25) is 9.59 Å². The fourth-order valence-electron chi connectivity index (χ4n) is 2.08. The molecular formula is C17H20ClN3O4. The molecule has 0 radical (unpaired) electrons. The maximum Gasteiger partial charge on any atom is 0.305 e. The van der Waals surface area contributed by atoms with Gasteiger partial charge in [-0.15, -0.1) is 0 Å². The number of hydrogen-bond donors (Lipinski definition) is 1. The number of esters is 1. The summed E-state index contributed by atoms with van der Waals surface area (Å²) in [5.74, 6) is 0.473. The van der Waals surface area contributed by atoms with Crippen LogP contribution < -0.4 is 5.32 Å². The number of carbonyl (C=O) groups excluding carboxylic acids is 2. The molecule has 8 heteroatoms. The molecule has 0 aliphatic rings. The Kier molecular flexibility index (Phi) is 7.40. The number of amides is 1. The SMILES string of the molecule is CCOC(=O)CCCNC(=O)CCc1nc(-c2ccc(Cl)cc2)no1. The Balaban J connectivity index is 1.70. The normalized spacial score (nSPS) is 10.5. The summed E-state index contributed by atoms with van der Waals surface area (Å²) < 4.78 is 9.96. The quantitative estimate of drug-likeness (QED) is 0.542. The molecular weight excluding hydrogens is 346 g/mol. The third-order valence-electron chi connectivity index (χ3n) is 3.32. The molecule has 1 N–H and O–H groups in total. The summed E-state index contributed by atoms with van der Waals surface area (Å²) in [6, 6.07) is 7.09. The molecule has 0 fully saturated rings. The molecule has 1 heterocycles. The van der Waals surface area contributed by atoms with Gasteiger partial charge in [-0.1, -0.05) is 16.8 Å². The van der Waals surface area contributed by atoms with Crippen molar-refractivity contribution in [3.8, 4) is 11.4 Å². The van der Waals surface area contributed by atoms with Crippen molar-refractivity contribution in [2.75, 3.05) is 13.2 Å². The van der Waals surface area contributed by atoms with Crippen molar-refractivity contribution in [2.45, 2.75) is 32.6 Å². The van der Waals surface area contributed by atoms with E-state index in [9.17, 15) is 9.59 Å². The predicted octanol–water partition coefficient (Wildman–Crippen LogP) is 2.78. The number of carbonyl (C=O) groups is 2. The van der Waals surface area contributed by atoms with E-state index >= 15 is 0 Å². The monoisotopic (exact) mass is 365 g/mol. The van der Waals surface area contributed by atoms with Gasteiger partial charge in [0.05, 0.1) is 6.61 Å². The predicted molar refractivity (Wildman–Crippen MR) is 91.9 cm³/mol. The molecule has 2 aromatic rings. The van der Waals surface area contributed by atoms with E-state index in [1.807, 2.05) is 0 Å². The average Bonchev–Trinajstić information content (AvgIpc) is 3.07. The Morgan fingerprint density at radius 2 is 2.00 bits per heavy atom. The highest BCUT2D eigenvalue weighted by atomic mass is 35.5. The number of ether oxygens (including phenoxy) is 1. The summed E-state index contributed by atoms with van der Waals surface area (Å²) in [5, 5.41) is 7.27. The van der Waals surface area contributed by atoms with E-state index in [0.29, 0.717) is 49.2 Å². The van der Waals surface area contributed by atoms with Crippen molar-refractivity contribution in [1.29, 1.82) is 0 Å². The van der Waals surface area contributed by atoms with Crippen LogP contribution in [-0.4, -0.2) is 35.2 Å². The molecule has 2 rings (SSSR count). The van der Waals surface area contributed by atoms with E-state index in [-0.39, 0.29) is 18.3 Å². The minimum atomic E-state index is -0.252. The van der Waals surface area contributed by atoms with E-state index < -0.39 is 0 Å². The van der Waals surface area contributed by atoms with Gasteiger partial charge in [0.2, 0.25) is 17.6 Å². The highest BCUT2D eigenvalue weighted by Crippen LogP contribution is 2.18. The minimum absolute atomic E-state index is 0.130. The molecule has 1 amide bonds. The first-order valence-electron chi connectivity index (χ1n) is 8.09. The third kappa shape index (κ3) is 6.54. The Hall–Kier alpha value is -2.41. The number of nitrogens with zero attached hydrogens (tertiary/aromatic N) is 2. The first-order chi connectivity index (χ1) is 12.1. The number of hydrogen-bond acceptors (Lipinski definition) is 6. The molecule has 0 saturated carbocycles. The topological polar surface area (TPSA) is 94.3 Å². The molecule has 0 bridgehead atoms. The van der Waals surface area contributed by atoms with Crippen molar-refractivity contribution in [2.24, 2.45) is 0 Å². The Morgan fingerprint density at radius 1 is 1.24 bits per heavy atom. The van der Waals surface area contributed by atoms with Crippen LogP contribution in [0.4, 0.5) is 0 Å². The lowest BCUT2D eigenvalue weighted by Gasteiger charge is -2.04. The summed E-state index contributed by atoms with van der Waals surface area (Å²) in [7, 11) is 0. The maximum absolute atomic E-state index is 11.8. The van der Waals surface area contributed by atoms with E-state index in [1.165, 1.54) is 0 Å². The Morgan fingerprint density at radius 3 is 2.72 bits per heavy atom. The lowest BCUT2D eigenvalue weighted by Crippen LogP contribution is -2.25. The number of nitrogens with one attached hydrogen (secondary N) is 1. The van der Waals surface area contributed by atoms with Gasteiger partial charge in [0.15, 0.2) is 0 Å². The van der Waals surface area contributed by atoms with E-state index in [0.717, 1.165) is 5.56 Å². The van der Waals surface area contributed by atoms with Gasteiger partial charge >= 0.3 is 5.97 Å². The number of halogens is 1. The lowest BCUT2D eigenvalue weighted by atomic mass is 10.2. The van der Waals surface area contributed by atoms with Crippen LogP contribution in [0.5, 0.6) is 0 Å². The molecule has 1 aromatic heterocycles. The van der Waals surface area contributed by atoms with Gasteiger partial charge in [-0.25, -0.2) is 0 Å². The fourth-order valence-corrected chi connectivity index (χ4v) is 2.20. The zero-order valence-corrected chi connectivity index (χ0v) is 14.7. The summed E-state index contributed by atoms with van der Waals surface area (Å²) in [6.45, 7) is 2.56. The number of benzene rings is 1. The summed E-state index contributed by atoms with van der Waals surface area (Å²) in [6.07, 6.45) is 1.43. The fraction of sp³-hybridized carbons (Fsp3) is 0.412. The Labute approximate surface area is 150 Å². The molecule has 0 aliphatic heterocycles. The maximum atomic E-state index is 11.8. The number of aromatic nitrogens is 2. The molecule has 0 aliphatic carbocycles. The van der Waals surface area contributed by atoms with Gasteiger partial charge < -0.3 is 14.6 Å². The zero-order chi connectivity index (χ0) is 18.1. The smallest absolute Gasteiger partial charge is 0.305 e. The van der Waals surface area contributed by atoms with Crippen molar-refractivity contribution >= 4 is 23.5 Å². The van der Waals surface area contributed by atoms with Crippen molar-refractivity contribution < 1.29 is 18.8 Å². The minimum Gasteiger partial charge on any atom is -0.466 e. The van der Waals surface area contributed by atoms with Crippen molar-refractivity contribution in [3.05, 3.63) is 35.2 Å². The average molecular weight is 366 g/mol. The van der Waals surface area contributed by atoms with E-state index in [2.05, 4.69) is 15.5 Å². The highest BCUT2D eigenvalue weighted by Gasteiger charge is 2.11. The second-order valence-electron chi connectivity index (χ2n) is 5.28. The molecule has 0 spiro atoms. The standard InChI is InChI=1S/C17H20ClN3O4/c1-2-24-16(23)4-3-11-19-14(22)9-10-15-20-17(21-25-15)12-5-7-13(18)8-6-12/h5-8H,2-4,9-11H2,1H3,(H,19,22). The van der Waals surface area contributed by atoms with E-state index in [1.54, 1.807) is 31.2 Å². The molecule has 134 valence electrons. The largest absolute Gasteiger partial charge is 0.466 e. The van der Waals surface area contributed by atoms with Crippen LogP contribution in [0, 0.1) is 0 Å². The van der Waals surface area contributed by atoms with Gasteiger partial charge in [0.1, 0.15) is 0 Å². The second-order valence-corrected chi connectivity index (χ2v) is 5.71. The van der Waals surface area contributed by atoms with Crippen LogP contribution in [0.3, 0.4) is 0 Å². The molecule has 0 unspecified atom stereocenters. The third-order valence-corrected chi connectivity index (χ3v) is 3.57.